The van der Waals surface area contributed by atoms with Crippen LogP contribution < -0.4 is 14.4 Å². The van der Waals surface area contributed by atoms with Gasteiger partial charge in [0.1, 0.15) is 0 Å². The maximum Gasteiger partial charge on any atom is 0.335 e. The lowest BCUT2D eigenvalue weighted by atomic mass is 9.99. The molecule has 1 aliphatic rings. The molecule has 10 heteroatoms. The number of halogens is 1. The van der Waals surface area contributed by atoms with Crippen LogP contribution in [0, 0.1) is 0 Å². The molecule has 0 atom stereocenters. The van der Waals surface area contributed by atoms with Crippen molar-refractivity contribution in [2.45, 2.75) is 0 Å². The number of methoxy groups -OCH3 is 2. The first-order valence-corrected chi connectivity index (χ1v) is 14.1. The molecule has 0 saturated heterocycles. The predicted molar refractivity (Wildman–Crippen MR) is 168 cm³/mol. The Labute approximate surface area is 260 Å². The van der Waals surface area contributed by atoms with E-state index in [0.29, 0.717) is 28.2 Å². The van der Waals surface area contributed by atoms with Crippen molar-refractivity contribution in [2.75, 3.05) is 19.1 Å². The van der Waals surface area contributed by atoms with Gasteiger partial charge in [0.25, 0.3) is 11.8 Å². The van der Waals surface area contributed by atoms with Crippen LogP contribution >= 0.6 is 15.9 Å². The molecule has 6 rings (SSSR count). The molecule has 0 saturated carbocycles. The van der Waals surface area contributed by atoms with Crippen LogP contribution in [0.25, 0.3) is 33.6 Å². The minimum Gasteiger partial charge on any atom is -0.502 e. The summed E-state index contributed by atoms with van der Waals surface area (Å²) in [5.41, 5.74) is 4.54. The third-order valence-electron chi connectivity index (χ3n) is 7.31. The molecule has 218 valence electrons. The number of pyridine rings is 1. The second kappa shape index (κ2) is 11.3. The number of aromatic hydroxyl groups is 1. The molecule has 2 N–H and O–H groups in total. The molecule has 0 aliphatic carbocycles. The zero-order chi connectivity index (χ0) is 31.1. The molecule has 0 unspecified atom stereocenters. The first-order valence-electron chi connectivity index (χ1n) is 13.3. The zero-order valence-electron chi connectivity index (χ0n) is 23.4. The molecule has 4 aromatic carbocycles. The summed E-state index contributed by atoms with van der Waals surface area (Å²) < 4.78 is 11.7. The Morgan fingerprint density at radius 3 is 1.98 bits per heavy atom. The zero-order valence-corrected chi connectivity index (χ0v) is 25.0. The van der Waals surface area contributed by atoms with Crippen LogP contribution in [-0.4, -0.2) is 47.2 Å². The second-order valence-electron chi connectivity index (χ2n) is 9.92. The summed E-state index contributed by atoms with van der Waals surface area (Å²) in [6.45, 7) is 0. The quantitative estimate of drug-likeness (QED) is 0.179. The van der Waals surface area contributed by atoms with E-state index in [1.54, 1.807) is 30.3 Å². The number of benzene rings is 4. The van der Waals surface area contributed by atoms with Crippen LogP contribution in [-0.2, 0) is 0 Å². The van der Waals surface area contributed by atoms with Crippen molar-refractivity contribution in [3.05, 3.63) is 112 Å². The smallest absolute Gasteiger partial charge is 0.335 e. The number of nitrogens with zero attached hydrogens (tertiary/aromatic N) is 2. The Balaban J connectivity index is 1.48. The maximum atomic E-state index is 13.3. The number of hydrogen-bond donors (Lipinski definition) is 2. The van der Waals surface area contributed by atoms with E-state index in [1.807, 2.05) is 42.5 Å². The molecule has 2 amide bonds. The summed E-state index contributed by atoms with van der Waals surface area (Å²) in [7, 11) is 2.91. The van der Waals surface area contributed by atoms with Crippen LogP contribution in [0.1, 0.15) is 31.1 Å². The maximum absolute atomic E-state index is 13.3. The molecule has 9 nitrogen and oxygen atoms in total. The molecule has 44 heavy (non-hydrogen) atoms. The minimum atomic E-state index is -1.19. The Hall–Kier alpha value is -5.48. The van der Waals surface area contributed by atoms with E-state index < -0.39 is 17.8 Å². The molecule has 0 fully saturated rings. The summed E-state index contributed by atoms with van der Waals surface area (Å²) in [6.07, 6.45) is 0. The number of phenols is 1. The number of ether oxygens (including phenoxy) is 2. The average Bonchev–Trinajstić information content (AvgIpc) is 3.29. The summed E-state index contributed by atoms with van der Waals surface area (Å²) in [6, 6.07) is 25.6. The third kappa shape index (κ3) is 5.05. The van der Waals surface area contributed by atoms with Gasteiger partial charge in [-0.15, -0.1) is 0 Å². The van der Waals surface area contributed by atoms with Crippen LogP contribution in [0.5, 0.6) is 17.2 Å². The molecular weight excluding hydrogens is 628 g/mol. The molecule has 5 aromatic rings. The highest BCUT2D eigenvalue weighted by Crippen LogP contribution is 2.42. The lowest BCUT2D eigenvalue weighted by Crippen LogP contribution is -2.29. The molecule has 0 spiro atoms. The number of carbonyl (C=O) groups is 3. The van der Waals surface area contributed by atoms with E-state index in [2.05, 4.69) is 15.9 Å². The number of amides is 2. The lowest BCUT2D eigenvalue weighted by Gasteiger charge is -2.16. The molecule has 1 aromatic heterocycles. The first kappa shape index (κ1) is 28.6. The fourth-order valence-electron chi connectivity index (χ4n) is 5.09. The number of rotatable bonds is 7. The van der Waals surface area contributed by atoms with E-state index in [9.17, 15) is 24.6 Å². The largest absolute Gasteiger partial charge is 0.502 e. The third-order valence-corrected chi connectivity index (χ3v) is 7.84. The van der Waals surface area contributed by atoms with E-state index >= 15 is 0 Å². The normalized spacial score (nSPS) is 12.3. The predicted octanol–water partition coefficient (Wildman–Crippen LogP) is 7.07. The Morgan fingerprint density at radius 1 is 0.727 bits per heavy atom. The number of carboxylic acid groups (broad SMARTS) is 1. The van der Waals surface area contributed by atoms with Crippen LogP contribution in [0.15, 0.2) is 95.5 Å². The summed E-state index contributed by atoms with van der Waals surface area (Å²) in [5, 5.41) is 19.8. The summed E-state index contributed by atoms with van der Waals surface area (Å²) >= 11 is 3.47. The molecular formula is C34H23BrN2O7. The van der Waals surface area contributed by atoms with Crippen molar-refractivity contribution < 1.29 is 34.1 Å². The van der Waals surface area contributed by atoms with Crippen molar-refractivity contribution in [1.29, 1.82) is 0 Å². The van der Waals surface area contributed by atoms with Gasteiger partial charge in [0.2, 0.25) is 5.75 Å². The van der Waals surface area contributed by atoms with Crippen LogP contribution in [0.4, 0.5) is 5.69 Å². The fourth-order valence-corrected chi connectivity index (χ4v) is 5.35. The Kier molecular flexibility index (Phi) is 7.36. The number of imide groups is 1. The van der Waals surface area contributed by atoms with Gasteiger partial charge in [-0.2, -0.15) is 0 Å². The monoisotopic (exact) mass is 650 g/mol. The number of phenolic OH excluding ortho intramolecular Hbond substituents is 1. The number of carboxylic acids is 1. The van der Waals surface area contributed by atoms with Gasteiger partial charge < -0.3 is 19.7 Å². The highest BCUT2D eigenvalue weighted by atomic mass is 79.9. The van der Waals surface area contributed by atoms with Crippen LogP contribution in [0.2, 0.25) is 0 Å². The van der Waals surface area contributed by atoms with Crippen molar-refractivity contribution in [1.82, 2.24) is 4.98 Å². The second-order valence-corrected chi connectivity index (χ2v) is 10.8. The number of hydrogen-bond acceptors (Lipinski definition) is 7. The number of aromatic carboxylic acids is 1. The number of carbonyl (C=O) groups excluding carboxylic acids is 2. The fraction of sp³-hybridized carbons (Fsp3) is 0.0588. The SMILES string of the molecule is COc1cc(-c2cc(-c3ccc(Br)cc3)nc(-c3cccc(N4C(=O)c5ccc(C(=O)O)cc5C4=O)c3)c2)cc(OC)c1O. The Morgan fingerprint density at radius 2 is 1.34 bits per heavy atom. The van der Waals surface area contributed by atoms with Gasteiger partial charge in [-0.1, -0.05) is 40.2 Å². The molecule has 0 radical (unpaired) electrons. The van der Waals surface area contributed by atoms with Gasteiger partial charge in [0, 0.05) is 15.6 Å². The van der Waals surface area contributed by atoms with Gasteiger partial charge in [0.15, 0.2) is 11.5 Å². The lowest BCUT2D eigenvalue weighted by molar-refractivity contribution is 0.0696. The molecule has 2 heterocycles. The van der Waals surface area contributed by atoms with E-state index in [4.69, 9.17) is 14.5 Å². The van der Waals surface area contributed by atoms with Crippen molar-refractivity contribution >= 4 is 39.4 Å². The van der Waals surface area contributed by atoms with E-state index in [1.165, 1.54) is 32.4 Å². The number of anilines is 1. The van der Waals surface area contributed by atoms with Gasteiger partial charge in [0.05, 0.1) is 48.0 Å². The highest BCUT2D eigenvalue weighted by Gasteiger charge is 2.37. The van der Waals surface area contributed by atoms with Gasteiger partial charge in [-0.3, -0.25) is 9.59 Å². The van der Waals surface area contributed by atoms with Crippen molar-refractivity contribution in [2.24, 2.45) is 0 Å². The first-order chi connectivity index (χ1) is 21.2. The summed E-state index contributed by atoms with van der Waals surface area (Å²) in [4.78, 5) is 44.0. The van der Waals surface area contributed by atoms with Gasteiger partial charge >= 0.3 is 5.97 Å². The minimum absolute atomic E-state index is 0.0353. The van der Waals surface area contributed by atoms with E-state index in [0.717, 1.165) is 20.5 Å². The van der Waals surface area contributed by atoms with Crippen LogP contribution in [0.3, 0.4) is 0 Å². The standard InChI is InChI=1S/C34H23BrN2O7/c1-43-29-16-22(17-30(44-2)31(29)38)21-14-27(18-6-9-23(35)10-7-18)36-28(15-21)19-4-3-5-24(12-19)37-32(39)25-11-8-20(34(41)42)13-26(25)33(37)40/h3-17,38H,1-2H3,(H,41,42). The number of aromatic nitrogens is 1. The Bertz CT molecular complexity index is 1960. The highest BCUT2D eigenvalue weighted by molar-refractivity contribution is 9.10. The average molecular weight is 651 g/mol. The van der Waals surface area contributed by atoms with Crippen molar-refractivity contribution in [3.8, 4) is 50.9 Å². The number of fused-ring (bicyclic) bond motifs is 1. The summed E-state index contributed by atoms with van der Waals surface area (Å²) in [5.74, 6) is -1.98. The van der Waals surface area contributed by atoms with E-state index in [-0.39, 0.29) is 33.9 Å². The van der Waals surface area contributed by atoms with Gasteiger partial charge in [-0.05, 0) is 77.9 Å². The molecule has 0 bridgehead atoms. The molecule has 1 aliphatic heterocycles. The topological polar surface area (TPSA) is 126 Å². The van der Waals surface area contributed by atoms with Gasteiger partial charge in [-0.25, -0.2) is 14.7 Å². The van der Waals surface area contributed by atoms with Crippen molar-refractivity contribution in [3.63, 3.8) is 0 Å².